The third kappa shape index (κ3) is 5.89. The molecule has 0 bridgehead atoms. The molecular formula is C14H15NO5. The summed E-state index contributed by atoms with van der Waals surface area (Å²) >= 11 is 0. The van der Waals surface area contributed by atoms with E-state index in [4.69, 9.17) is 14.9 Å². The van der Waals surface area contributed by atoms with Gasteiger partial charge in [0, 0.05) is 6.42 Å². The maximum Gasteiger partial charge on any atom is 0.408 e. The van der Waals surface area contributed by atoms with E-state index < -0.39 is 18.1 Å². The quantitative estimate of drug-likeness (QED) is 0.690. The zero-order chi connectivity index (χ0) is 14.8. The van der Waals surface area contributed by atoms with Gasteiger partial charge in [-0.1, -0.05) is 42.2 Å². The van der Waals surface area contributed by atoms with Gasteiger partial charge in [-0.3, -0.25) is 5.32 Å². The molecule has 1 atom stereocenters. The van der Waals surface area contributed by atoms with Crippen molar-refractivity contribution in [3.63, 3.8) is 0 Å². The number of alkyl carbamates (subject to hydrolysis) is 1. The van der Waals surface area contributed by atoms with Crippen molar-refractivity contribution in [3.8, 4) is 11.8 Å². The first-order chi connectivity index (χ1) is 9.63. The highest BCUT2D eigenvalue weighted by atomic mass is 16.5. The lowest BCUT2D eigenvalue weighted by Gasteiger charge is -2.09. The number of carbonyl (C=O) groups is 2. The Morgan fingerprint density at radius 3 is 2.60 bits per heavy atom. The normalized spacial score (nSPS) is 10.8. The van der Waals surface area contributed by atoms with Crippen LogP contribution >= 0.6 is 0 Å². The van der Waals surface area contributed by atoms with Crippen LogP contribution in [0.25, 0.3) is 0 Å². The van der Waals surface area contributed by atoms with E-state index in [-0.39, 0.29) is 19.6 Å². The molecule has 106 valence electrons. The van der Waals surface area contributed by atoms with E-state index in [0.717, 1.165) is 5.56 Å². The van der Waals surface area contributed by atoms with Crippen molar-refractivity contribution in [1.82, 2.24) is 5.32 Å². The molecule has 0 spiro atoms. The zero-order valence-electron chi connectivity index (χ0n) is 10.7. The molecule has 20 heavy (non-hydrogen) atoms. The Kier molecular flexibility index (Phi) is 6.65. The smallest absolute Gasteiger partial charge is 0.408 e. The number of hydrogen-bond acceptors (Lipinski definition) is 4. The lowest BCUT2D eigenvalue weighted by molar-refractivity contribution is -0.137. The lowest BCUT2D eigenvalue weighted by Crippen LogP contribution is -2.40. The summed E-state index contributed by atoms with van der Waals surface area (Å²) < 4.78 is 4.88. The van der Waals surface area contributed by atoms with E-state index in [9.17, 15) is 9.59 Å². The molecule has 0 radical (unpaired) electrons. The standard InChI is InChI=1S/C14H15NO5/c16-9-5-4-8-12(13(17)18)15-14(19)20-10-11-6-2-1-3-7-11/h1-3,6-7,12,16H,5,9-10H2,(H,15,19)(H,17,18). The second-order valence-corrected chi connectivity index (χ2v) is 3.77. The number of rotatable bonds is 5. The van der Waals surface area contributed by atoms with Crippen molar-refractivity contribution in [1.29, 1.82) is 0 Å². The van der Waals surface area contributed by atoms with Gasteiger partial charge in [-0.05, 0) is 5.56 Å². The van der Waals surface area contributed by atoms with Crippen LogP contribution in [-0.4, -0.2) is 34.9 Å². The number of ether oxygens (including phenoxy) is 1. The summed E-state index contributed by atoms with van der Waals surface area (Å²) in [5.74, 6) is 3.49. The first kappa shape index (κ1) is 15.5. The maximum atomic E-state index is 11.5. The minimum atomic E-state index is -1.36. The Balaban J connectivity index is 2.46. The molecule has 0 aliphatic rings. The van der Waals surface area contributed by atoms with Gasteiger partial charge in [0.15, 0.2) is 6.04 Å². The molecule has 1 aromatic rings. The van der Waals surface area contributed by atoms with Gasteiger partial charge in [0.25, 0.3) is 0 Å². The Labute approximate surface area is 116 Å². The highest BCUT2D eigenvalue weighted by molar-refractivity contribution is 5.83. The molecule has 0 aromatic heterocycles. The first-order valence-corrected chi connectivity index (χ1v) is 5.92. The summed E-state index contributed by atoms with van der Waals surface area (Å²) in [4.78, 5) is 22.3. The fourth-order valence-corrected chi connectivity index (χ4v) is 1.27. The number of carboxylic acid groups (broad SMARTS) is 1. The van der Waals surface area contributed by atoms with E-state index in [1.165, 1.54) is 0 Å². The SMILES string of the molecule is O=C(NC(C#CCCO)C(=O)O)OCc1ccccc1. The van der Waals surface area contributed by atoms with E-state index in [0.29, 0.717) is 0 Å². The molecule has 1 aromatic carbocycles. The minimum absolute atomic E-state index is 0.0447. The lowest BCUT2D eigenvalue weighted by atomic mass is 10.2. The van der Waals surface area contributed by atoms with Crippen LogP contribution in [0.4, 0.5) is 4.79 Å². The van der Waals surface area contributed by atoms with Gasteiger partial charge in [0.1, 0.15) is 6.61 Å². The predicted molar refractivity (Wildman–Crippen MR) is 70.7 cm³/mol. The monoisotopic (exact) mass is 277 g/mol. The Hall–Kier alpha value is -2.52. The molecule has 1 unspecified atom stereocenters. The summed E-state index contributed by atoms with van der Waals surface area (Å²) in [6, 6.07) is 7.64. The molecule has 0 saturated carbocycles. The maximum absolute atomic E-state index is 11.5. The van der Waals surface area contributed by atoms with Crippen LogP contribution in [0, 0.1) is 11.8 Å². The van der Waals surface area contributed by atoms with Crippen molar-refractivity contribution in [2.45, 2.75) is 19.1 Å². The summed E-state index contributed by atoms with van der Waals surface area (Å²) in [5.41, 5.74) is 0.792. The van der Waals surface area contributed by atoms with Gasteiger partial charge in [-0.2, -0.15) is 0 Å². The van der Waals surface area contributed by atoms with Crippen molar-refractivity contribution >= 4 is 12.1 Å². The van der Waals surface area contributed by atoms with E-state index in [1.54, 1.807) is 24.3 Å². The summed E-state index contributed by atoms with van der Waals surface area (Å²) in [6.07, 6.45) is -0.718. The number of nitrogens with one attached hydrogen (secondary N) is 1. The van der Waals surface area contributed by atoms with Gasteiger partial charge in [0.05, 0.1) is 6.61 Å². The summed E-state index contributed by atoms with van der Waals surface area (Å²) in [6.45, 7) is -0.124. The largest absolute Gasteiger partial charge is 0.479 e. The summed E-state index contributed by atoms with van der Waals surface area (Å²) in [7, 11) is 0. The van der Waals surface area contributed by atoms with Crippen molar-refractivity contribution in [2.24, 2.45) is 0 Å². The van der Waals surface area contributed by atoms with Gasteiger partial charge in [-0.15, -0.1) is 0 Å². The highest BCUT2D eigenvalue weighted by Crippen LogP contribution is 2.00. The number of carboxylic acids is 1. The molecule has 1 rings (SSSR count). The van der Waals surface area contributed by atoms with Crippen LogP contribution in [0.1, 0.15) is 12.0 Å². The number of benzene rings is 1. The van der Waals surface area contributed by atoms with E-state index in [1.807, 2.05) is 6.07 Å². The fraction of sp³-hybridized carbons (Fsp3) is 0.286. The molecule has 1 amide bonds. The number of aliphatic hydroxyl groups is 1. The third-order valence-corrected chi connectivity index (χ3v) is 2.21. The topological polar surface area (TPSA) is 95.9 Å². The molecule has 3 N–H and O–H groups in total. The van der Waals surface area contributed by atoms with Crippen LogP contribution in [0.5, 0.6) is 0 Å². The third-order valence-electron chi connectivity index (χ3n) is 2.21. The van der Waals surface area contributed by atoms with Crippen LogP contribution in [0.2, 0.25) is 0 Å². The molecule has 0 aliphatic carbocycles. The molecule has 6 heteroatoms. The Morgan fingerprint density at radius 1 is 1.30 bits per heavy atom. The number of carbonyl (C=O) groups excluding carboxylic acids is 1. The van der Waals surface area contributed by atoms with Crippen molar-refractivity contribution in [3.05, 3.63) is 35.9 Å². The van der Waals surface area contributed by atoms with Crippen LogP contribution in [-0.2, 0) is 16.1 Å². The first-order valence-electron chi connectivity index (χ1n) is 5.92. The number of aliphatic hydroxyl groups excluding tert-OH is 1. The van der Waals surface area contributed by atoms with Gasteiger partial charge in [0.2, 0.25) is 0 Å². The molecule has 0 heterocycles. The number of amides is 1. The minimum Gasteiger partial charge on any atom is -0.479 e. The second kappa shape index (κ2) is 8.56. The van der Waals surface area contributed by atoms with Gasteiger partial charge >= 0.3 is 12.1 Å². The molecule has 0 saturated heterocycles. The molecule has 6 nitrogen and oxygen atoms in total. The second-order valence-electron chi connectivity index (χ2n) is 3.77. The van der Waals surface area contributed by atoms with Crippen LogP contribution in [0.3, 0.4) is 0 Å². The van der Waals surface area contributed by atoms with Crippen molar-refractivity contribution < 1.29 is 24.5 Å². The van der Waals surface area contributed by atoms with Crippen LogP contribution in [0.15, 0.2) is 30.3 Å². The van der Waals surface area contributed by atoms with E-state index in [2.05, 4.69) is 17.2 Å². The van der Waals surface area contributed by atoms with Gasteiger partial charge in [-0.25, -0.2) is 9.59 Å². The van der Waals surface area contributed by atoms with Crippen molar-refractivity contribution in [2.75, 3.05) is 6.61 Å². The van der Waals surface area contributed by atoms with E-state index >= 15 is 0 Å². The zero-order valence-corrected chi connectivity index (χ0v) is 10.7. The highest BCUT2D eigenvalue weighted by Gasteiger charge is 2.17. The number of aliphatic carboxylic acids is 1. The molecule has 0 aliphatic heterocycles. The molecule has 0 fully saturated rings. The average Bonchev–Trinajstić information content (AvgIpc) is 2.45. The average molecular weight is 277 g/mol. The molecular weight excluding hydrogens is 262 g/mol. The van der Waals surface area contributed by atoms with Gasteiger partial charge < -0.3 is 14.9 Å². The summed E-state index contributed by atoms with van der Waals surface area (Å²) in [5, 5.41) is 19.5. The van der Waals surface area contributed by atoms with Crippen LogP contribution < -0.4 is 5.32 Å². The predicted octanol–water partition coefficient (Wildman–Crippen LogP) is 0.752. The fourth-order valence-electron chi connectivity index (χ4n) is 1.27. The number of hydrogen-bond donors (Lipinski definition) is 3. The Bertz CT molecular complexity index is 503. The Morgan fingerprint density at radius 2 is 2.00 bits per heavy atom.